The molecular formula is C12H16N2O2. The number of likely N-dealkylation sites (tertiary alicyclic amines) is 1. The maximum absolute atomic E-state index is 11.0. The van der Waals surface area contributed by atoms with Gasteiger partial charge in [-0.15, -0.1) is 0 Å². The minimum atomic E-state index is -0.754. The molecule has 1 aromatic rings. The van der Waals surface area contributed by atoms with Crippen LogP contribution in [-0.4, -0.2) is 33.5 Å². The van der Waals surface area contributed by atoms with Crippen LogP contribution in [0.25, 0.3) is 0 Å². The Morgan fingerprint density at radius 1 is 1.69 bits per heavy atom. The molecule has 4 nitrogen and oxygen atoms in total. The standard InChI is InChI=1S/C12H16N2O2/c1-9(12(15)16)14-7-3-5-11(14)10-4-2-6-13-8-10/h2,4,6,8-9,11H,3,5,7H2,1H3,(H,15,16). The Kier molecular flexibility index (Phi) is 3.19. The van der Waals surface area contributed by atoms with Crippen molar-refractivity contribution in [3.63, 3.8) is 0 Å². The van der Waals surface area contributed by atoms with Gasteiger partial charge >= 0.3 is 5.97 Å². The van der Waals surface area contributed by atoms with Gasteiger partial charge in [0.1, 0.15) is 6.04 Å². The van der Waals surface area contributed by atoms with Crippen molar-refractivity contribution in [2.45, 2.75) is 31.8 Å². The minimum absolute atomic E-state index is 0.208. The molecule has 0 amide bonds. The van der Waals surface area contributed by atoms with E-state index >= 15 is 0 Å². The largest absolute Gasteiger partial charge is 0.480 e. The summed E-state index contributed by atoms with van der Waals surface area (Å²) in [6, 6.07) is 3.70. The second-order valence-corrected chi connectivity index (χ2v) is 4.20. The molecule has 2 rings (SSSR count). The van der Waals surface area contributed by atoms with Gasteiger partial charge in [0.25, 0.3) is 0 Å². The van der Waals surface area contributed by atoms with Gasteiger partial charge in [-0.2, -0.15) is 0 Å². The lowest BCUT2D eigenvalue weighted by Gasteiger charge is -2.27. The molecule has 0 spiro atoms. The quantitative estimate of drug-likeness (QED) is 0.842. The normalized spacial score (nSPS) is 23.2. The molecule has 1 aliphatic rings. The zero-order chi connectivity index (χ0) is 11.5. The predicted molar refractivity (Wildman–Crippen MR) is 60.0 cm³/mol. The van der Waals surface area contributed by atoms with E-state index in [-0.39, 0.29) is 6.04 Å². The van der Waals surface area contributed by atoms with Crippen LogP contribution < -0.4 is 0 Å². The van der Waals surface area contributed by atoms with Gasteiger partial charge in [0, 0.05) is 18.4 Å². The lowest BCUT2D eigenvalue weighted by Crippen LogP contribution is -2.38. The van der Waals surface area contributed by atoms with E-state index in [2.05, 4.69) is 4.98 Å². The van der Waals surface area contributed by atoms with Crippen molar-refractivity contribution in [1.29, 1.82) is 0 Å². The van der Waals surface area contributed by atoms with E-state index in [1.807, 2.05) is 23.2 Å². The molecule has 2 atom stereocenters. The van der Waals surface area contributed by atoms with Crippen LogP contribution in [0.4, 0.5) is 0 Å². The van der Waals surface area contributed by atoms with Crippen molar-refractivity contribution < 1.29 is 9.90 Å². The highest BCUT2D eigenvalue weighted by atomic mass is 16.4. The van der Waals surface area contributed by atoms with Gasteiger partial charge < -0.3 is 5.11 Å². The third-order valence-electron chi connectivity index (χ3n) is 3.22. The zero-order valence-electron chi connectivity index (χ0n) is 9.34. The number of hydrogen-bond acceptors (Lipinski definition) is 3. The Labute approximate surface area is 94.9 Å². The topological polar surface area (TPSA) is 53.4 Å². The first kappa shape index (κ1) is 11.1. The van der Waals surface area contributed by atoms with E-state index < -0.39 is 12.0 Å². The van der Waals surface area contributed by atoms with Crippen LogP contribution >= 0.6 is 0 Å². The molecule has 86 valence electrons. The van der Waals surface area contributed by atoms with Crippen molar-refractivity contribution in [2.75, 3.05) is 6.54 Å². The Hall–Kier alpha value is -1.42. The number of nitrogens with zero attached hydrogens (tertiary/aromatic N) is 2. The maximum Gasteiger partial charge on any atom is 0.320 e. The highest BCUT2D eigenvalue weighted by Gasteiger charge is 2.32. The summed E-state index contributed by atoms with van der Waals surface area (Å²) in [7, 11) is 0. The molecule has 1 saturated heterocycles. The van der Waals surface area contributed by atoms with Crippen molar-refractivity contribution in [1.82, 2.24) is 9.88 Å². The van der Waals surface area contributed by atoms with Crippen molar-refractivity contribution in [2.24, 2.45) is 0 Å². The Bertz CT molecular complexity index is 367. The van der Waals surface area contributed by atoms with Gasteiger partial charge in [0.15, 0.2) is 0 Å². The summed E-state index contributed by atoms with van der Waals surface area (Å²) in [5.74, 6) is -0.754. The highest BCUT2D eigenvalue weighted by Crippen LogP contribution is 2.32. The first-order valence-corrected chi connectivity index (χ1v) is 5.58. The fraction of sp³-hybridized carbons (Fsp3) is 0.500. The van der Waals surface area contributed by atoms with Gasteiger partial charge in [-0.3, -0.25) is 14.7 Å². The van der Waals surface area contributed by atoms with Crippen LogP contribution in [0.5, 0.6) is 0 Å². The fourth-order valence-electron chi connectivity index (χ4n) is 2.33. The fourth-order valence-corrected chi connectivity index (χ4v) is 2.33. The first-order chi connectivity index (χ1) is 7.70. The molecule has 2 heterocycles. The van der Waals surface area contributed by atoms with Crippen LogP contribution in [0, 0.1) is 0 Å². The molecule has 1 N–H and O–H groups in total. The average molecular weight is 220 g/mol. The average Bonchev–Trinajstić information content (AvgIpc) is 2.77. The Morgan fingerprint density at radius 3 is 3.12 bits per heavy atom. The van der Waals surface area contributed by atoms with Gasteiger partial charge in [-0.1, -0.05) is 6.07 Å². The number of pyridine rings is 1. The summed E-state index contributed by atoms with van der Waals surface area (Å²) in [6.07, 6.45) is 5.64. The number of carboxylic acids is 1. The van der Waals surface area contributed by atoms with Crippen LogP contribution in [0.15, 0.2) is 24.5 Å². The molecule has 0 saturated carbocycles. The molecule has 0 aliphatic carbocycles. The van der Waals surface area contributed by atoms with Crippen LogP contribution in [0.2, 0.25) is 0 Å². The second kappa shape index (κ2) is 4.61. The predicted octanol–water partition coefficient (Wildman–Crippen LogP) is 1.69. The van der Waals surface area contributed by atoms with Gasteiger partial charge in [-0.05, 0) is 37.9 Å². The van der Waals surface area contributed by atoms with Crippen molar-refractivity contribution in [3.05, 3.63) is 30.1 Å². The van der Waals surface area contributed by atoms with Gasteiger partial charge in [0.05, 0.1) is 0 Å². The second-order valence-electron chi connectivity index (χ2n) is 4.20. The van der Waals surface area contributed by atoms with Crippen LogP contribution in [0.1, 0.15) is 31.4 Å². The number of hydrogen-bond donors (Lipinski definition) is 1. The number of rotatable bonds is 3. The molecule has 0 bridgehead atoms. The molecular weight excluding hydrogens is 204 g/mol. The molecule has 1 aliphatic heterocycles. The SMILES string of the molecule is CC(C(=O)O)N1CCCC1c1cccnc1. The summed E-state index contributed by atoms with van der Waals surface area (Å²) in [5.41, 5.74) is 1.12. The molecule has 16 heavy (non-hydrogen) atoms. The maximum atomic E-state index is 11.0. The third kappa shape index (κ3) is 2.07. The minimum Gasteiger partial charge on any atom is -0.480 e. The van der Waals surface area contributed by atoms with Crippen LogP contribution in [0.3, 0.4) is 0 Å². The van der Waals surface area contributed by atoms with E-state index in [0.29, 0.717) is 0 Å². The highest BCUT2D eigenvalue weighted by molar-refractivity contribution is 5.73. The lowest BCUT2D eigenvalue weighted by molar-refractivity contribution is -0.143. The monoisotopic (exact) mass is 220 g/mol. The molecule has 0 aromatic carbocycles. The summed E-state index contributed by atoms with van der Waals surface area (Å²) in [5, 5.41) is 9.05. The number of carboxylic acid groups (broad SMARTS) is 1. The van der Waals surface area contributed by atoms with Gasteiger partial charge in [0.2, 0.25) is 0 Å². The Balaban J connectivity index is 2.18. The number of carbonyl (C=O) groups is 1. The summed E-state index contributed by atoms with van der Waals surface area (Å²) < 4.78 is 0. The number of aromatic nitrogens is 1. The van der Waals surface area contributed by atoms with Gasteiger partial charge in [-0.25, -0.2) is 0 Å². The smallest absolute Gasteiger partial charge is 0.320 e. The van der Waals surface area contributed by atoms with E-state index in [4.69, 9.17) is 5.11 Å². The molecule has 4 heteroatoms. The summed E-state index contributed by atoms with van der Waals surface area (Å²) >= 11 is 0. The molecule has 0 radical (unpaired) electrons. The zero-order valence-corrected chi connectivity index (χ0v) is 9.34. The number of aliphatic carboxylic acids is 1. The lowest BCUT2D eigenvalue weighted by atomic mass is 10.1. The van der Waals surface area contributed by atoms with Crippen LogP contribution in [-0.2, 0) is 4.79 Å². The van der Waals surface area contributed by atoms with E-state index in [0.717, 1.165) is 24.9 Å². The summed E-state index contributed by atoms with van der Waals surface area (Å²) in [4.78, 5) is 17.1. The van der Waals surface area contributed by atoms with E-state index in [1.54, 1.807) is 13.1 Å². The third-order valence-corrected chi connectivity index (χ3v) is 3.22. The van der Waals surface area contributed by atoms with Crippen molar-refractivity contribution >= 4 is 5.97 Å². The summed E-state index contributed by atoms with van der Waals surface area (Å²) in [6.45, 7) is 2.60. The molecule has 1 fully saturated rings. The van der Waals surface area contributed by atoms with E-state index in [1.165, 1.54) is 0 Å². The molecule has 1 aromatic heterocycles. The van der Waals surface area contributed by atoms with E-state index in [9.17, 15) is 4.79 Å². The Morgan fingerprint density at radius 2 is 2.50 bits per heavy atom. The molecule has 2 unspecified atom stereocenters. The van der Waals surface area contributed by atoms with Crippen molar-refractivity contribution in [3.8, 4) is 0 Å². The first-order valence-electron chi connectivity index (χ1n) is 5.58.